The van der Waals surface area contributed by atoms with Crippen molar-refractivity contribution in [1.82, 2.24) is 4.98 Å². The van der Waals surface area contributed by atoms with Crippen LogP contribution in [-0.4, -0.2) is 10.1 Å². The molecule has 5 heteroatoms. The fraction of sp³-hybridized carbons (Fsp3) is 0.0556. The van der Waals surface area contributed by atoms with Gasteiger partial charge in [0, 0.05) is 22.3 Å². The van der Waals surface area contributed by atoms with Crippen molar-refractivity contribution >= 4 is 29.1 Å². The van der Waals surface area contributed by atoms with Crippen molar-refractivity contribution in [3.8, 4) is 5.75 Å². The van der Waals surface area contributed by atoms with E-state index in [-0.39, 0.29) is 11.1 Å². The van der Waals surface area contributed by atoms with Crippen molar-refractivity contribution in [2.75, 3.05) is 5.32 Å². The number of aromatic hydroxyl groups is 1. The number of phenolic OH excluding ortho intramolecular Hbond substituents is 1. The molecule has 0 aliphatic carbocycles. The van der Waals surface area contributed by atoms with Gasteiger partial charge in [0.2, 0.25) is 0 Å². The van der Waals surface area contributed by atoms with Gasteiger partial charge in [-0.15, -0.1) is 0 Å². The van der Waals surface area contributed by atoms with E-state index in [1.54, 1.807) is 36.3 Å². The first-order valence-electron chi connectivity index (χ1n) is 7.08. The van der Waals surface area contributed by atoms with E-state index >= 15 is 0 Å². The van der Waals surface area contributed by atoms with Crippen LogP contribution in [-0.2, 0) is 0 Å². The van der Waals surface area contributed by atoms with Crippen LogP contribution in [0.25, 0.3) is 0 Å². The molecule has 3 aromatic rings. The Kier molecular flexibility index (Phi) is 5.05. The lowest BCUT2D eigenvalue weighted by Crippen LogP contribution is -2.07. The molecular weight excluding hydrogens is 328 g/mol. The molecule has 0 spiro atoms. The number of pyridine rings is 1. The minimum Gasteiger partial charge on any atom is -0.508 e. The smallest absolute Gasteiger partial charge is 0.115 e. The van der Waals surface area contributed by atoms with Crippen LogP contribution in [0.3, 0.4) is 0 Å². The summed E-state index contributed by atoms with van der Waals surface area (Å²) in [5.74, 6) is 0.255. The minimum absolute atomic E-state index is 0.0130. The third-order valence-corrected chi connectivity index (χ3v) is 4.64. The Morgan fingerprint density at radius 2 is 1.74 bits per heavy atom. The number of halogens is 1. The first kappa shape index (κ1) is 15.7. The van der Waals surface area contributed by atoms with Crippen LogP contribution in [0.1, 0.15) is 10.9 Å². The number of anilines is 1. The summed E-state index contributed by atoms with van der Waals surface area (Å²) in [6.07, 6.45) is 3.53. The van der Waals surface area contributed by atoms with Gasteiger partial charge in [-0.25, -0.2) is 0 Å². The monoisotopic (exact) mass is 342 g/mol. The van der Waals surface area contributed by atoms with Crippen LogP contribution in [0.5, 0.6) is 5.75 Å². The number of thioether (sulfide) groups is 1. The summed E-state index contributed by atoms with van der Waals surface area (Å²) in [6, 6.07) is 18.8. The number of hydrogen-bond acceptors (Lipinski definition) is 4. The van der Waals surface area contributed by atoms with Gasteiger partial charge in [-0.2, -0.15) is 0 Å². The highest BCUT2D eigenvalue weighted by Crippen LogP contribution is 2.36. The van der Waals surface area contributed by atoms with E-state index in [2.05, 4.69) is 10.3 Å². The highest BCUT2D eigenvalue weighted by atomic mass is 35.5. The molecule has 23 heavy (non-hydrogen) atoms. The van der Waals surface area contributed by atoms with Crippen LogP contribution < -0.4 is 5.32 Å². The highest BCUT2D eigenvalue weighted by Gasteiger charge is 2.13. The maximum absolute atomic E-state index is 9.50. The third kappa shape index (κ3) is 4.41. The quantitative estimate of drug-likeness (QED) is 0.485. The zero-order chi connectivity index (χ0) is 16.1. The third-order valence-electron chi connectivity index (χ3n) is 3.22. The average Bonchev–Trinajstić information content (AvgIpc) is 2.58. The molecule has 1 atom stereocenters. The van der Waals surface area contributed by atoms with E-state index in [1.165, 1.54) is 0 Å². The summed E-state index contributed by atoms with van der Waals surface area (Å²) in [5.41, 5.74) is 2.00. The second-order valence-corrected chi connectivity index (χ2v) is 6.54. The molecule has 2 aromatic carbocycles. The Morgan fingerprint density at radius 3 is 2.39 bits per heavy atom. The maximum Gasteiger partial charge on any atom is 0.115 e. The standard InChI is InChI=1S/C18H15ClN2OS/c19-14-5-9-17(10-6-14)23-18(13-3-7-16(22)8-4-13)21-15-2-1-11-20-12-15/h1-12,18,21-22H/t18-/m1/s1. The molecule has 3 rings (SSSR count). The van der Waals surface area contributed by atoms with Crippen molar-refractivity contribution in [2.45, 2.75) is 10.3 Å². The van der Waals surface area contributed by atoms with Crippen molar-refractivity contribution in [1.29, 1.82) is 0 Å². The van der Waals surface area contributed by atoms with Gasteiger partial charge < -0.3 is 10.4 Å². The molecule has 116 valence electrons. The molecule has 1 aromatic heterocycles. The zero-order valence-corrected chi connectivity index (χ0v) is 13.8. The topological polar surface area (TPSA) is 45.1 Å². The number of hydrogen-bond donors (Lipinski definition) is 2. The van der Waals surface area contributed by atoms with E-state index in [0.717, 1.165) is 21.2 Å². The number of rotatable bonds is 5. The van der Waals surface area contributed by atoms with Crippen LogP contribution in [0.4, 0.5) is 5.69 Å². The Hall–Kier alpha value is -2.17. The molecular formula is C18H15ClN2OS. The molecule has 0 radical (unpaired) electrons. The molecule has 0 aliphatic heterocycles. The average molecular weight is 343 g/mol. The molecule has 0 fully saturated rings. The molecule has 3 nitrogen and oxygen atoms in total. The Labute approximate surface area is 144 Å². The lowest BCUT2D eigenvalue weighted by Gasteiger charge is -2.20. The maximum atomic E-state index is 9.50. The van der Waals surface area contributed by atoms with Gasteiger partial charge in [-0.05, 0) is 54.1 Å². The van der Waals surface area contributed by atoms with E-state index in [9.17, 15) is 5.11 Å². The Bertz CT molecular complexity index is 748. The van der Waals surface area contributed by atoms with Gasteiger partial charge >= 0.3 is 0 Å². The first-order chi connectivity index (χ1) is 11.2. The van der Waals surface area contributed by atoms with Gasteiger partial charge in [-0.3, -0.25) is 4.98 Å². The fourth-order valence-electron chi connectivity index (χ4n) is 2.08. The number of nitrogens with one attached hydrogen (secondary N) is 1. The second-order valence-electron chi connectivity index (χ2n) is 4.93. The van der Waals surface area contributed by atoms with E-state index in [4.69, 9.17) is 11.6 Å². The second kappa shape index (κ2) is 7.40. The van der Waals surface area contributed by atoms with Crippen LogP contribution >= 0.6 is 23.4 Å². The molecule has 0 saturated heterocycles. The van der Waals surface area contributed by atoms with E-state index in [0.29, 0.717) is 0 Å². The largest absolute Gasteiger partial charge is 0.508 e. The fourth-order valence-corrected chi connectivity index (χ4v) is 3.26. The van der Waals surface area contributed by atoms with E-state index < -0.39 is 0 Å². The molecule has 0 amide bonds. The summed E-state index contributed by atoms with van der Waals surface area (Å²) in [7, 11) is 0. The summed E-state index contributed by atoms with van der Waals surface area (Å²) in [4.78, 5) is 5.24. The van der Waals surface area contributed by atoms with Crippen molar-refractivity contribution < 1.29 is 5.11 Å². The SMILES string of the molecule is Oc1ccc([C@H](Nc2cccnc2)Sc2ccc(Cl)cc2)cc1. The first-order valence-corrected chi connectivity index (χ1v) is 8.34. The molecule has 0 aliphatic rings. The lowest BCUT2D eigenvalue weighted by atomic mass is 10.2. The molecule has 0 saturated carbocycles. The Morgan fingerprint density at radius 1 is 1.00 bits per heavy atom. The predicted molar refractivity (Wildman–Crippen MR) is 96.0 cm³/mol. The summed E-state index contributed by atoms with van der Waals surface area (Å²) >= 11 is 7.62. The zero-order valence-electron chi connectivity index (χ0n) is 12.2. The number of phenols is 1. The van der Waals surface area contributed by atoms with Gasteiger partial charge in [0.25, 0.3) is 0 Å². The Balaban J connectivity index is 1.86. The predicted octanol–water partition coefficient (Wildman–Crippen LogP) is 5.34. The number of aromatic nitrogens is 1. The lowest BCUT2D eigenvalue weighted by molar-refractivity contribution is 0.475. The number of benzene rings is 2. The molecule has 1 heterocycles. The van der Waals surface area contributed by atoms with Crippen molar-refractivity contribution in [2.24, 2.45) is 0 Å². The van der Waals surface area contributed by atoms with Crippen molar-refractivity contribution in [3.05, 3.63) is 83.6 Å². The van der Waals surface area contributed by atoms with Gasteiger partial charge in [0.05, 0.1) is 5.69 Å². The molecule has 2 N–H and O–H groups in total. The summed E-state index contributed by atoms with van der Waals surface area (Å²) in [6.45, 7) is 0. The van der Waals surface area contributed by atoms with Gasteiger partial charge in [-0.1, -0.05) is 35.5 Å². The summed E-state index contributed by atoms with van der Waals surface area (Å²) < 4.78 is 0. The molecule has 0 unspecified atom stereocenters. The van der Waals surface area contributed by atoms with Gasteiger partial charge in [0.1, 0.15) is 11.1 Å². The summed E-state index contributed by atoms with van der Waals surface area (Å²) in [5, 5.41) is 13.7. The van der Waals surface area contributed by atoms with Crippen LogP contribution in [0, 0.1) is 0 Å². The van der Waals surface area contributed by atoms with Crippen molar-refractivity contribution in [3.63, 3.8) is 0 Å². The van der Waals surface area contributed by atoms with Gasteiger partial charge in [0.15, 0.2) is 0 Å². The van der Waals surface area contributed by atoms with Crippen LogP contribution in [0.2, 0.25) is 5.02 Å². The number of nitrogens with zero attached hydrogens (tertiary/aromatic N) is 1. The van der Waals surface area contributed by atoms with E-state index in [1.807, 2.05) is 48.5 Å². The molecule has 0 bridgehead atoms. The van der Waals surface area contributed by atoms with Crippen LogP contribution in [0.15, 0.2) is 78.0 Å². The minimum atomic E-state index is -0.0130. The normalized spacial score (nSPS) is 11.9. The highest BCUT2D eigenvalue weighted by molar-refractivity contribution is 7.99.